The van der Waals surface area contributed by atoms with Gasteiger partial charge in [0.05, 0.1) is 25.2 Å². The molecule has 0 radical (unpaired) electrons. The Morgan fingerprint density at radius 2 is 2.23 bits per heavy atom. The predicted molar refractivity (Wildman–Crippen MR) is 49.7 cm³/mol. The van der Waals surface area contributed by atoms with Crippen molar-refractivity contribution in [2.24, 2.45) is 5.41 Å². The second kappa shape index (κ2) is 4.72. The van der Waals surface area contributed by atoms with Crippen LogP contribution in [0.15, 0.2) is 0 Å². The number of hydrogen-bond acceptors (Lipinski definition) is 3. The highest BCUT2D eigenvalue weighted by molar-refractivity contribution is 5.83. The lowest BCUT2D eigenvalue weighted by molar-refractivity contribution is -0.170. The molecule has 0 saturated carbocycles. The normalized spacial score (nSPS) is 19.5. The molecule has 1 aliphatic rings. The number of rotatable bonds is 6. The van der Waals surface area contributed by atoms with Gasteiger partial charge in [-0.2, -0.15) is 0 Å². The summed E-state index contributed by atoms with van der Waals surface area (Å²) in [6, 6.07) is 0. The molecule has 1 rings (SSSR count). The number of carbonyl (C=O) groups excluding carboxylic acids is 1. The lowest BCUT2D eigenvalue weighted by atomic mass is 9.83. The molecule has 0 atom stereocenters. The fraction of sp³-hybridized carbons (Fsp3) is 0.900. The Morgan fingerprint density at radius 1 is 1.54 bits per heavy atom. The summed E-state index contributed by atoms with van der Waals surface area (Å²) in [6.45, 7) is 6.10. The minimum Gasteiger partial charge on any atom is -0.380 e. The minimum atomic E-state index is -0.312. The maximum atomic E-state index is 11.3. The smallest absolute Gasteiger partial charge is 0.142 e. The molecule has 1 saturated heterocycles. The first-order valence-corrected chi connectivity index (χ1v) is 4.88. The molecule has 0 unspecified atom stereocenters. The van der Waals surface area contributed by atoms with Gasteiger partial charge in [0.25, 0.3) is 0 Å². The maximum Gasteiger partial charge on any atom is 0.142 e. The third-order valence-electron chi connectivity index (χ3n) is 2.52. The van der Waals surface area contributed by atoms with E-state index in [-0.39, 0.29) is 11.2 Å². The van der Waals surface area contributed by atoms with Gasteiger partial charge in [0, 0.05) is 6.61 Å². The highest BCUT2D eigenvalue weighted by Crippen LogP contribution is 2.28. The molecule has 0 N–H and O–H groups in total. The van der Waals surface area contributed by atoms with E-state index in [1.807, 2.05) is 0 Å². The Hall–Kier alpha value is -0.410. The second-order valence-electron chi connectivity index (χ2n) is 3.74. The highest BCUT2D eigenvalue weighted by atomic mass is 16.5. The van der Waals surface area contributed by atoms with Crippen molar-refractivity contribution in [3.8, 4) is 0 Å². The van der Waals surface area contributed by atoms with Crippen LogP contribution in [0.5, 0.6) is 0 Å². The van der Waals surface area contributed by atoms with E-state index in [0.29, 0.717) is 19.8 Å². The zero-order valence-corrected chi connectivity index (χ0v) is 8.47. The summed E-state index contributed by atoms with van der Waals surface area (Å²) in [6.07, 6.45) is 2.19. The average molecular weight is 186 g/mol. The van der Waals surface area contributed by atoms with E-state index in [1.54, 1.807) is 6.92 Å². The highest BCUT2D eigenvalue weighted by Gasteiger charge is 2.43. The average Bonchev–Trinajstić information content (AvgIpc) is 2.01. The molecule has 13 heavy (non-hydrogen) atoms. The van der Waals surface area contributed by atoms with Crippen LogP contribution in [0.1, 0.15) is 26.7 Å². The topological polar surface area (TPSA) is 35.5 Å². The van der Waals surface area contributed by atoms with Crippen LogP contribution in [0, 0.1) is 5.41 Å². The van der Waals surface area contributed by atoms with Gasteiger partial charge in [0.1, 0.15) is 5.78 Å². The van der Waals surface area contributed by atoms with Crippen molar-refractivity contribution >= 4 is 5.78 Å². The Bertz CT molecular complexity index is 173. The maximum absolute atomic E-state index is 11.3. The lowest BCUT2D eigenvalue weighted by Crippen LogP contribution is -2.51. The van der Waals surface area contributed by atoms with E-state index in [0.717, 1.165) is 19.4 Å². The Balaban J connectivity index is 2.21. The van der Waals surface area contributed by atoms with Crippen molar-refractivity contribution in [1.82, 2.24) is 0 Å². The van der Waals surface area contributed by atoms with Crippen LogP contribution in [0.25, 0.3) is 0 Å². The molecule has 0 spiro atoms. The van der Waals surface area contributed by atoms with Gasteiger partial charge in [-0.25, -0.2) is 0 Å². The summed E-state index contributed by atoms with van der Waals surface area (Å²) < 4.78 is 10.5. The van der Waals surface area contributed by atoms with Crippen molar-refractivity contribution in [3.63, 3.8) is 0 Å². The van der Waals surface area contributed by atoms with Crippen molar-refractivity contribution in [2.75, 3.05) is 26.4 Å². The summed E-state index contributed by atoms with van der Waals surface area (Å²) >= 11 is 0. The van der Waals surface area contributed by atoms with Gasteiger partial charge in [-0.3, -0.25) is 4.79 Å². The van der Waals surface area contributed by atoms with Crippen LogP contribution in [-0.2, 0) is 14.3 Å². The molecule has 76 valence electrons. The van der Waals surface area contributed by atoms with Gasteiger partial charge in [0.2, 0.25) is 0 Å². The predicted octanol–water partition coefficient (Wildman–Crippen LogP) is 1.41. The van der Waals surface area contributed by atoms with E-state index < -0.39 is 0 Å². The summed E-state index contributed by atoms with van der Waals surface area (Å²) in [5.74, 6) is 0.190. The third-order valence-corrected chi connectivity index (χ3v) is 2.52. The molecule has 3 nitrogen and oxygen atoms in total. The van der Waals surface area contributed by atoms with E-state index >= 15 is 0 Å². The first kappa shape index (κ1) is 10.7. The largest absolute Gasteiger partial charge is 0.380 e. The molecular weight excluding hydrogens is 168 g/mol. The number of hydrogen-bond donors (Lipinski definition) is 0. The standard InChI is InChI=1S/C10H18O3/c1-3-4-5-12-6-10(9(2)11)7-13-8-10/h3-8H2,1-2H3. The molecule has 0 amide bonds. The molecule has 0 bridgehead atoms. The Morgan fingerprint density at radius 3 is 2.62 bits per heavy atom. The number of Topliss-reactive ketones (excluding diaryl/α,β-unsaturated/α-hetero) is 1. The zero-order valence-electron chi connectivity index (χ0n) is 8.47. The van der Waals surface area contributed by atoms with Crippen LogP contribution in [0.2, 0.25) is 0 Å². The van der Waals surface area contributed by atoms with E-state index in [1.165, 1.54) is 0 Å². The molecule has 1 fully saturated rings. The molecule has 3 heteroatoms. The molecule has 1 aliphatic heterocycles. The first-order valence-electron chi connectivity index (χ1n) is 4.88. The molecule has 1 heterocycles. The quantitative estimate of drug-likeness (QED) is 0.588. The number of ether oxygens (including phenoxy) is 2. The van der Waals surface area contributed by atoms with Gasteiger partial charge >= 0.3 is 0 Å². The summed E-state index contributed by atoms with van der Waals surface area (Å²) in [5, 5.41) is 0. The molecular formula is C10H18O3. The number of unbranched alkanes of at least 4 members (excludes halogenated alkanes) is 1. The minimum absolute atomic E-state index is 0.190. The summed E-state index contributed by atoms with van der Waals surface area (Å²) in [4.78, 5) is 11.3. The molecule has 0 aliphatic carbocycles. The van der Waals surface area contributed by atoms with Gasteiger partial charge in [-0.15, -0.1) is 0 Å². The molecule has 0 aromatic heterocycles. The van der Waals surface area contributed by atoms with Crippen LogP contribution in [0.3, 0.4) is 0 Å². The van der Waals surface area contributed by atoms with E-state index in [9.17, 15) is 4.79 Å². The van der Waals surface area contributed by atoms with Gasteiger partial charge in [-0.05, 0) is 13.3 Å². The van der Waals surface area contributed by atoms with E-state index in [2.05, 4.69) is 6.92 Å². The number of carbonyl (C=O) groups is 1. The van der Waals surface area contributed by atoms with Crippen LogP contribution >= 0.6 is 0 Å². The monoisotopic (exact) mass is 186 g/mol. The molecule has 0 aromatic rings. The first-order chi connectivity index (χ1) is 6.21. The Labute approximate surface area is 79.4 Å². The summed E-state index contributed by atoms with van der Waals surface area (Å²) in [5.41, 5.74) is -0.312. The fourth-order valence-corrected chi connectivity index (χ4v) is 1.25. The zero-order chi connectivity index (χ0) is 9.73. The van der Waals surface area contributed by atoms with Crippen molar-refractivity contribution in [1.29, 1.82) is 0 Å². The van der Waals surface area contributed by atoms with Crippen LogP contribution < -0.4 is 0 Å². The van der Waals surface area contributed by atoms with Gasteiger partial charge in [-0.1, -0.05) is 13.3 Å². The van der Waals surface area contributed by atoms with Crippen molar-refractivity contribution in [2.45, 2.75) is 26.7 Å². The van der Waals surface area contributed by atoms with Crippen molar-refractivity contribution in [3.05, 3.63) is 0 Å². The third kappa shape index (κ3) is 2.51. The van der Waals surface area contributed by atoms with Crippen molar-refractivity contribution < 1.29 is 14.3 Å². The van der Waals surface area contributed by atoms with Gasteiger partial charge in [0.15, 0.2) is 0 Å². The lowest BCUT2D eigenvalue weighted by Gasteiger charge is -2.38. The second-order valence-corrected chi connectivity index (χ2v) is 3.74. The van der Waals surface area contributed by atoms with Crippen LogP contribution in [0.4, 0.5) is 0 Å². The van der Waals surface area contributed by atoms with Crippen LogP contribution in [-0.4, -0.2) is 32.2 Å². The Kier molecular flexibility index (Phi) is 3.88. The SMILES string of the molecule is CCCCOCC1(C(C)=O)COC1. The number of ketones is 1. The summed E-state index contributed by atoms with van der Waals surface area (Å²) in [7, 11) is 0. The van der Waals surface area contributed by atoms with E-state index in [4.69, 9.17) is 9.47 Å². The molecule has 0 aromatic carbocycles. The van der Waals surface area contributed by atoms with Gasteiger partial charge < -0.3 is 9.47 Å². The fourth-order valence-electron chi connectivity index (χ4n) is 1.25.